The number of alkyl halides is 3. The van der Waals surface area contributed by atoms with Crippen molar-refractivity contribution in [3.8, 4) is 0 Å². The quantitative estimate of drug-likeness (QED) is 0.719. The number of aliphatic hydroxyl groups is 1. The SMILES string of the molecule is COC(CNC(=O)NCCC(O)C(F)(F)F)c1ccccc1. The van der Waals surface area contributed by atoms with Crippen molar-refractivity contribution in [2.45, 2.75) is 24.8 Å². The Kier molecular flexibility index (Phi) is 7.13. The van der Waals surface area contributed by atoms with Crippen LogP contribution in [0.1, 0.15) is 18.1 Å². The summed E-state index contributed by atoms with van der Waals surface area (Å²) in [4.78, 5) is 11.5. The zero-order chi connectivity index (χ0) is 16.6. The Hall–Kier alpha value is -1.80. The first-order valence-electron chi connectivity index (χ1n) is 6.68. The predicted molar refractivity (Wildman–Crippen MR) is 74.3 cm³/mol. The molecule has 3 N–H and O–H groups in total. The molecule has 8 heteroatoms. The van der Waals surface area contributed by atoms with Crippen LogP contribution in [0.2, 0.25) is 0 Å². The van der Waals surface area contributed by atoms with Crippen molar-refractivity contribution in [3.63, 3.8) is 0 Å². The van der Waals surface area contributed by atoms with E-state index in [4.69, 9.17) is 9.84 Å². The largest absolute Gasteiger partial charge is 0.414 e. The van der Waals surface area contributed by atoms with Crippen molar-refractivity contribution < 1.29 is 27.8 Å². The van der Waals surface area contributed by atoms with Crippen LogP contribution in [-0.4, -0.2) is 43.6 Å². The van der Waals surface area contributed by atoms with Crippen LogP contribution in [0, 0.1) is 0 Å². The maximum atomic E-state index is 12.1. The number of benzene rings is 1. The summed E-state index contributed by atoms with van der Waals surface area (Å²) < 4.78 is 41.4. The molecular weight excluding hydrogens is 301 g/mol. The maximum Gasteiger partial charge on any atom is 0.414 e. The first kappa shape index (κ1) is 18.2. The molecule has 0 radical (unpaired) electrons. The first-order valence-corrected chi connectivity index (χ1v) is 6.68. The summed E-state index contributed by atoms with van der Waals surface area (Å²) in [5.41, 5.74) is 0.873. The highest BCUT2D eigenvalue weighted by Crippen LogP contribution is 2.21. The van der Waals surface area contributed by atoms with E-state index in [1.165, 1.54) is 7.11 Å². The van der Waals surface area contributed by atoms with Gasteiger partial charge in [-0.25, -0.2) is 4.79 Å². The van der Waals surface area contributed by atoms with Gasteiger partial charge >= 0.3 is 12.2 Å². The minimum atomic E-state index is -4.67. The molecule has 0 saturated carbocycles. The molecule has 0 spiro atoms. The monoisotopic (exact) mass is 320 g/mol. The van der Waals surface area contributed by atoms with Crippen molar-refractivity contribution in [2.24, 2.45) is 0 Å². The topological polar surface area (TPSA) is 70.6 Å². The molecule has 0 fully saturated rings. The summed E-state index contributed by atoms with van der Waals surface area (Å²) in [7, 11) is 1.50. The number of hydrogen-bond donors (Lipinski definition) is 3. The molecule has 1 rings (SSSR count). The molecule has 0 aliphatic heterocycles. The second-order valence-electron chi connectivity index (χ2n) is 4.62. The predicted octanol–water partition coefficient (Wildman–Crippen LogP) is 1.99. The van der Waals surface area contributed by atoms with Gasteiger partial charge in [-0.05, 0) is 12.0 Å². The number of halogens is 3. The van der Waals surface area contributed by atoms with E-state index in [1.54, 1.807) is 0 Å². The highest BCUT2D eigenvalue weighted by molar-refractivity contribution is 5.73. The third kappa shape index (κ3) is 6.31. The number of urea groups is 1. The number of carbonyl (C=O) groups excluding carboxylic acids is 1. The summed E-state index contributed by atoms with van der Waals surface area (Å²) in [6.45, 7) is -0.107. The minimum absolute atomic E-state index is 0.175. The molecule has 22 heavy (non-hydrogen) atoms. The summed E-state index contributed by atoms with van der Waals surface area (Å²) in [6, 6.07) is 8.58. The minimum Gasteiger partial charge on any atom is -0.384 e. The van der Waals surface area contributed by atoms with Gasteiger partial charge in [0.05, 0.1) is 6.10 Å². The molecule has 0 aliphatic rings. The van der Waals surface area contributed by atoms with Gasteiger partial charge in [0.2, 0.25) is 0 Å². The Morgan fingerprint density at radius 2 is 1.91 bits per heavy atom. The lowest BCUT2D eigenvalue weighted by Crippen LogP contribution is -2.40. The van der Waals surface area contributed by atoms with Gasteiger partial charge in [-0.2, -0.15) is 13.2 Å². The Morgan fingerprint density at radius 3 is 2.45 bits per heavy atom. The van der Waals surface area contributed by atoms with Crippen LogP contribution in [-0.2, 0) is 4.74 Å². The number of carbonyl (C=O) groups is 1. The summed E-state index contributed by atoms with van der Waals surface area (Å²) in [6.07, 6.45) is -8.06. The Balaban J connectivity index is 2.30. The van der Waals surface area contributed by atoms with Crippen LogP contribution in [0.4, 0.5) is 18.0 Å². The number of amides is 2. The van der Waals surface area contributed by atoms with Crippen molar-refractivity contribution in [1.82, 2.24) is 10.6 Å². The van der Waals surface area contributed by atoms with E-state index in [-0.39, 0.29) is 19.2 Å². The Bertz CT molecular complexity index is 454. The molecule has 0 bridgehead atoms. The molecule has 2 unspecified atom stereocenters. The fourth-order valence-corrected chi connectivity index (χ4v) is 1.74. The maximum absolute atomic E-state index is 12.1. The highest BCUT2D eigenvalue weighted by atomic mass is 19.4. The van der Waals surface area contributed by atoms with E-state index in [1.807, 2.05) is 30.3 Å². The van der Waals surface area contributed by atoms with Gasteiger partial charge in [-0.3, -0.25) is 0 Å². The van der Waals surface area contributed by atoms with E-state index in [9.17, 15) is 18.0 Å². The van der Waals surface area contributed by atoms with Crippen molar-refractivity contribution in [2.75, 3.05) is 20.2 Å². The smallest absolute Gasteiger partial charge is 0.384 e. The van der Waals surface area contributed by atoms with Gasteiger partial charge in [-0.15, -0.1) is 0 Å². The van der Waals surface area contributed by atoms with Crippen LogP contribution in [0.25, 0.3) is 0 Å². The van der Waals surface area contributed by atoms with Crippen LogP contribution in [0.15, 0.2) is 30.3 Å². The average Bonchev–Trinajstić information content (AvgIpc) is 2.48. The number of aliphatic hydroxyl groups excluding tert-OH is 1. The molecule has 124 valence electrons. The molecule has 2 amide bonds. The highest BCUT2D eigenvalue weighted by Gasteiger charge is 2.37. The van der Waals surface area contributed by atoms with Crippen LogP contribution < -0.4 is 10.6 Å². The number of hydrogen-bond acceptors (Lipinski definition) is 3. The lowest BCUT2D eigenvalue weighted by molar-refractivity contribution is -0.204. The van der Waals surface area contributed by atoms with E-state index in [2.05, 4.69) is 10.6 Å². The third-order valence-electron chi connectivity index (χ3n) is 2.99. The fourth-order valence-electron chi connectivity index (χ4n) is 1.74. The van der Waals surface area contributed by atoms with E-state index < -0.39 is 24.7 Å². The number of rotatable bonds is 7. The standard InChI is InChI=1S/C14H19F3N2O3/c1-22-11(10-5-3-2-4-6-10)9-19-13(21)18-8-7-12(20)14(15,16)17/h2-6,11-12,20H,7-9H2,1H3,(H2,18,19,21). The zero-order valence-electron chi connectivity index (χ0n) is 12.1. The summed E-state index contributed by atoms with van der Waals surface area (Å²) in [5.74, 6) is 0. The van der Waals surface area contributed by atoms with Gasteiger partial charge in [0.15, 0.2) is 6.10 Å². The number of ether oxygens (including phenoxy) is 1. The van der Waals surface area contributed by atoms with E-state index >= 15 is 0 Å². The van der Waals surface area contributed by atoms with Gasteiger partial charge in [-0.1, -0.05) is 30.3 Å². The molecule has 0 saturated heterocycles. The van der Waals surface area contributed by atoms with Crippen LogP contribution in [0.5, 0.6) is 0 Å². The molecule has 0 aromatic heterocycles. The normalized spacial score (nSPS) is 14.2. The van der Waals surface area contributed by atoms with Crippen LogP contribution in [0.3, 0.4) is 0 Å². The van der Waals surface area contributed by atoms with Gasteiger partial charge < -0.3 is 20.5 Å². The molecule has 1 aromatic carbocycles. The van der Waals surface area contributed by atoms with Crippen LogP contribution >= 0.6 is 0 Å². The molecule has 2 atom stereocenters. The lowest BCUT2D eigenvalue weighted by Gasteiger charge is -2.17. The number of methoxy groups -OCH3 is 1. The van der Waals surface area contributed by atoms with E-state index in [0.717, 1.165) is 5.56 Å². The second-order valence-corrected chi connectivity index (χ2v) is 4.62. The molecular formula is C14H19F3N2O3. The molecule has 1 aromatic rings. The van der Waals surface area contributed by atoms with E-state index in [0.29, 0.717) is 0 Å². The zero-order valence-corrected chi connectivity index (χ0v) is 12.1. The molecule has 0 heterocycles. The Labute approximate surface area is 126 Å². The van der Waals surface area contributed by atoms with Gasteiger partial charge in [0, 0.05) is 20.2 Å². The summed E-state index contributed by atoms with van der Waals surface area (Å²) in [5, 5.41) is 13.5. The molecule has 0 aliphatic carbocycles. The second kappa shape index (κ2) is 8.60. The van der Waals surface area contributed by atoms with Crippen molar-refractivity contribution in [1.29, 1.82) is 0 Å². The Morgan fingerprint density at radius 1 is 1.27 bits per heavy atom. The first-order chi connectivity index (χ1) is 10.3. The fraction of sp³-hybridized carbons (Fsp3) is 0.500. The third-order valence-corrected chi connectivity index (χ3v) is 2.99. The molecule has 5 nitrogen and oxygen atoms in total. The number of nitrogens with one attached hydrogen (secondary N) is 2. The summed E-state index contributed by atoms with van der Waals surface area (Å²) >= 11 is 0. The van der Waals surface area contributed by atoms with Gasteiger partial charge in [0.1, 0.15) is 0 Å². The van der Waals surface area contributed by atoms with Crippen molar-refractivity contribution in [3.05, 3.63) is 35.9 Å². The lowest BCUT2D eigenvalue weighted by atomic mass is 10.1. The average molecular weight is 320 g/mol. The van der Waals surface area contributed by atoms with Crippen molar-refractivity contribution >= 4 is 6.03 Å². The van der Waals surface area contributed by atoms with Gasteiger partial charge in [0.25, 0.3) is 0 Å².